The molecule has 88 valence electrons. The molecule has 0 N–H and O–H groups in total. The summed E-state index contributed by atoms with van der Waals surface area (Å²) >= 11 is 0. The molecule has 0 radical (unpaired) electrons. The summed E-state index contributed by atoms with van der Waals surface area (Å²) in [4.78, 5) is 11.8. The zero-order valence-electron chi connectivity index (χ0n) is 9.73. The lowest BCUT2D eigenvalue weighted by Crippen LogP contribution is -2.22. The second-order valence-corrected chi connectivity index (χ2v) is 4.76. The molecule has 2 nitrogen and oxygen atoms in total. The van der Waals surface area contributed by atoms with Crippen molar-refractivity contribution in [3.63, 3.8) is 0 Å². The Morgan fingerprint density at radius 1 is 1.06 bits per heavy atom. The summed E-state index contributed by atoms with van der Waals surface area (Å²) in [6, 6.07) is 0. The number of ether oxygens (including phenoxy) is 1. The Bertz CT molecular complexity index is 291. The lowest BCUT2D eigenvalue weighted by molar-refractivity contribution is -0.150. The smallest absolute Gasteiger partial charge is 0.309 e. The predicted molar refractivity (Wildman–Crippen MR) is 63.9 cm³/mol. The fourth-order valence-electron chi connectivity index (χ4n) is 2.33. The minimum absolute atomic E-state index is 0.0129. The summed E-state index contributed by atoms with van der Waals surface area (Å²) < 4.78 is 5.41. The van der Waals surface area contributed by atoms with Gasteiger partial charge >= 0.3 is 5.97 Å². The van der Waals surface area contributed by atoms with E-state index in [9.17, 15) is 4.79 Å². The topological polar surface area (TPSA) is 26.3 Å². The molecule has 0 saturated heterocycles. The standard InChI is InChI=1S/C14H20O2/c15-14(13-9-5-2-6-10-13)16-11-12-7-3-1-4-8-12/h1-3,5,12-13H,4,6-11H2. The second-order valence-electron chi connectivity index (χ2n) is 4.76. The van der Waals surface area contributed by atoms with Crippen LogP contribution in [-0.2, 0) is 9.53 Å². The number of hydrogen-bond acceptors (Lipinski definition) is 2. The van der Waals surface area contributed by atoms with Crippen molar-refractivity contribution < 1.29 is 9.53 Å². The summed E-state index contributed by atoms with van der Waals surface area (Å²) in [7, 11) is 0. The number of carbonyl (C=O) groups is 1. The predicted octanol–water partition coefficient (Wildman–Crippen LogP) is 3.24. The van der Waals surface area contributed by atoms with E-state index < -0.39 is 0 Å². The molecule has 0 aromatic rings. The molecule has 2 rings (SSSR count). The molecule has 16 heavy (non-hydrogen) atoms. The molecule has 0 aromatic carbocycles. The van der Waals surface area contributed by atoms with Gasteiger partial charge in [-0.05, 0) is 44.4 Å². The van der Waals surface area contributed by atoms with E-state index in [1.165, 1.54) is 0 Å². The first kappa shape index (κ1) is 11.4. The molecule has 2 aliphatic rings. The average molecular weight is 220 g/mol. The molecule has 2 unspecified atom stereocenters. The van der Waals surface area contributed by atoms with Crippen molar-refractivity contribution in [1.82, 2.24) is 0 Å². The van der Waals surface area contributed by atoms with Crippen LogP contribution in [0.1, 0.15) is 38.5 Å². The molecule has 2 aliphatic carbocycles. The Labute approximate surface area is 97.4 Å². The molecule has 0 saturated carbocycles. The molecule has 0 bridgehead atoms. The van der Waals surface area contributed by atoms with Crippen LogP contribution in [0.4, 0.5) is 0 Å². The summed E-state index contributed by atoms with van der Waals surface area (Å²) in [5.41, 5.74) is 0. The van der Waals surface area contributed by atoms with Gasteiger partial charge in [0.25, 0.3) is 0 Å². The molecular formula is C14H20O2. The normalized spacial score (nSPS) is 29.0. The summed E-state index contributed by atoms with van der Waals surface area (Å²) in [6.07, 6.45) is 14.9. The maximum atomic E-state index is 11.8. The molecule has 0 heterocycles. The van der Waals surface area contributed by atoms with Gasteiger partial charge < -0.3 is 4.74 Å². The molecular weight excluding hydrogens is 200 g/mol. The van der Waals surface area contributed by atoms with Gasteiger partial charge in [-0.3, -0.25) is 4.79 Å². The van der Waals surface area contributed by atoms with Crippen LogP contribution in [0.25, 0.3) is 0 Å². The fourth-order valence-corrected chi connectivity index (χ4v) is 2.33. The molecule has 0 amide bonds. The number of allylic oxidation sites excluding steroid dienone is 4. The van der Waals surface area contributed by atoms with Crippen molar-refractivity contribution in [2.24, 2.45) is 11.8 Å². The van der Waals surface area contributed by atoms with E-state index in [0.717, 1.165) is 38.5 Å². The van der Waals surface area contributed by atoms with Gasteiger partial charge in [-0.25, -0.2) is 0 Å². The zero-order chi connectivity index (χ0) is 11.2. The van der Waals surface area contributed by atoms with Gasteiger partial charge in [-0.2, -0.15) is 0 Å². The average Bonchev–Trinajstić information content (AvgIpc) is 2.38. The molecule has 2 heteroatoms. The van der Waals surface area contributed by atoms with Gasteiger partial charge in [0.05, 0.1) is 12.5 Å². The van der Waals surface area contributed by atoms with Gasteiger partial charge in [0.2, 0.25) is 0 Å². The number of rotatable bonds is 3. The first-order valence-corrected chi connectivity index (χ1v) is 6.33. The van der Waals surface area contributed by atoms with E-state index in [-0.39, 0.29) is 11.9 Å². The van der Waals surface area contributed by atoms with Crippen molar-refractivity contribution in [3.8, 4) is 0 Å². The lowest BCUT2D eigenvalue weighted by atomic mass is 9.94. The highest BCUT2D eigenvalue weighted by atomic mass is 16.5. The van der Waals surface area contributed by atoms with Crippen LogP contribution in [-0.4, -0.2) is 12.6 Å². The van der Waals surface area contributed by atoms with Gasteiger partial charge in [-0.1, -0.05) is 24.3 Å². The first-order valence-electron chi connectivity index (χ1n) is 6.33. The van der Waals surface area contributed by atoms with Gasteiger partial charge in [0.1, 0.15) is 0 Å². The highest BCUT2D eigenvalue weighted by Gasteiger charge is 2.21. The van der Waals surface area contributed by atoms with Crippen molar-refractivity contribution >= 4 is 5.97 Å². The van der Waals surface area contributed by atoms with Crippen LogP contribution in [0.15, 0.2) is 24.3 Å². The Hall–Kier alpha value is -1.05. The van der Waals surface area contributed by atoms with E-state index >= 15 is 0 Å². The summed E-state index contributed by atoms with van der Waals surface area (Å²) in [5.74, 6) is 0.677. The van der Waals surface area contributed by atoms with Crippen LogP contribution >= 0.6 is 0 Å². The lowest BCUT2D eigenvalue weighted by Gasteiger charge is -2.20. The van der Waals surface area contributed by atoms with Crippen LogP contribution in [0, 0.1) is 11.8 Å². The second kappa shape index (κ2) is 5.88. The van der Waals surface area contributed by atoms with Crippen molar-refractivity contribution in [1.29, 1.82) is 0 Å². The van der Waals surface area contributed by atoms with Crippen molar-refractivity contribution in [2.75, 3.05) is 6.61 Å². The molecule has 0 aromatic heterocycles. The zero-order valence-corrected chi connectivity index (χ0v) is 9.73. The van der Waals surface area contributed by atoms with E-state index in [2.05, 4.69) is 24.3 Å². The van der Waals surface area contributed by atoms with Crippen LogP contribution in [0.5, 0.6) is 0 Å². The molecule has 0 spiro atoms. The maximum Gasteiger partial charge on any atom is 0.309 e. The van der Waals surface area contributed by atoms with E-state index in [1.807, 2.05) is 0 Å². The highest BCUT2D eigenvalue weighted by Crippen LogP contribution is 2.22. The monoisotopic (exact) mass is 220 g/mol. The Kier molecular flexibility index (Phi) is 4.20. The van der Waals surface area contributed by atoms with E-state index in [1.54, 1.807) is 0 Å². The Morgan fingerprint density at radius 2 is 1.81 bits per heavy atom. The molecule has 0 aliphatic heterocycles. The molecule has 2 atom stereocenters. The van der Waals surface area contributed by atoms with Crippen LogP contribution in [0.2, 0.25) is 0 Å². The number of esters is 1. The van der Waals surface area contributed by atoms with Crippen LogP contribution in [0.3, 0.4) is 0 Å². The fraction of sp³-hybridized carbons (Fsp3) is 0.643. The number of carbonyl (C=O) groups excluding carboxylic acids is 1. The minimum Gasteiger partial charge on any atom is -0.465 e. The largest absolute Gasteiger partial charge is 0.465 e. The summed E-state index contributed by atoms with van der Waals surface area (Å²) in [5, 5.41) is 0. The summed E-state index contributed by atoms with van der Waals surface area (Å²) in [6.45, 7) is 0.614. The Balaban J connectivity index is 1.70. The SMILES string of the molecule is O=C(OCC1CC=CCC1)C1CC=CCC1. The quantitative estimate of drug-likeness (QED) is 0.539. The number of hydrogen-bond donors (Lipinski definition) is 0. The van der Waals surface area contributed by atoms with Gasteiger partial charge in [-0.15, -0.1) is 0 Å². The minimum atomic E-state index is 0.0129. The third-order valence-corrected chi connectivity index (χ3v) is 3.44. The van der Waals surface area contributed by atoms with E-state index in [0.29, 0.717) is 12.5 Å². The third-order valence-electron chi connectivity index (χ3n) is 3.44. The van der Waals surface area contributed by atoms with Crippen molar-refractivity contribution in [3.05, 3.63) is 24.3 Å². The first-order chi connectivity index (χ1) is 7.86. The maximum absolute atomic E-state index is 11.8. The van der Waals surface area contributed by atoms with Gasteiger partial charge in [0.15, 0.2) is 0 Å². The van der Waals surface area contributed by atoms with Crippen LogP contribution < -0.4 is 0 Å². The highest BCUT2D eigenvalue weighted by molar-refractivity contribution is 5.72. The van der Waals surface area contributed by atoms with Crippen molar-refractivity contribution in [2.45, 2.75) is 38.5 Å². The van der Waals surface area contributed by atoms with E-state index in [4.69, 9.17) is 4.74 Å². The Morgan fingerprint density at radius 3 is 2.44 bits per heavy atom. The van der Waals surface area contributed by atoms with Gasteiger partial charge in [0, 0.05) is 0 Å². The third kappa shape index (κ3) is 3.22. The molecule has 0 fully saturated rings.